The summed E-state index contributed by atoms with van der Waals surface area (Å²) in [5.74, 6) is 1.64. The van der Waals surface area contributed by atoms with Crippen molar-refractivity contribution in [2.24, 2.45) is 0 Å². The van der Waals surface area contributed by atoms with Gasteiger partial charge in [-0.3, -0.25) is 0 Å². The van der Waals surface area contributed by atoms with Crippen LogP contribution in [0.5, 0.6) is 5.75 Å². The van der Waals surface area contributed by atoms with Gasteiger partial charge in [-0.25, -0.2) is 0 Å². The third kappa shape index (κ3) is 3.05. The van der Waals surface area contributed by atoms with Crippen molar-refractivity contribution in [2.75, 3.05) is 11.9 Å². The molecule has 110 valence electrons. The largest absolute Gasteiger partial charge is 0.493 e. The molecule has 0 saturated carbocycles. The summed E-state index contributed by atoms with van der Waals surface area (Å²) in [6.07, 6.45) is 2.18. The summed E-state index contributed by atoms with van der Waals surface area (Å²) in [5, 5.41) is 3.64. The highest BCUT2D eigenvalue weighted by Gasteiger charge is 2.20. The molecule has 0 amide bonds. The van der Waals surface area contributed by atoms with Crippen LogP contribution in [0.4, 0.5) is 5.69 Å². The number of ether oxygens (including phenoxy) is 1. The molecule has 1 aliphatic heterocycles. The molecule has 1 aliphatic rings. The normalized spacial score (nSPS) is 18.5. The number of hydrogen-bond donors (Lipinski definition) is 1. The second-order valence-corrected chi connectivity index (χ2v) is 5.80. The van der Waals surface area contributed by atoms with Crippen molar-refractivity contribution >= 4 is 5.69 Å². The van der Waals surface area contributed by atoms with E-state index in [0.29, 0.717) is 12.0 Å². The molecule has 0 saturated heterocycles. The van der Waals surface area contributed by atoms with Gasteiger partial charge in [-0.15, -0.1) is 0 Å². The molecule has 1 N–H and O–H groups in total. The van der Waals surface area contributed by atoms with E-state index in [1.807, 2.05) is 6.07 Å². The van der Waals surface area contributed by atoms with E-state index in [0.717, 1.165) is 18.8 Å². The maximum Gasteiger partial charge on any atom is 0.124 e. The smallest absolute Gasteiger partial charge is 0.124 e. The van der Waals surface area contributed by atoms with E-state index >= 15 is 0 Å². The Morgan fingerprint density at radius 1 is 1.14 bits per heavy atom. The first-order chi connectivity index (χ1) is 10.3. The Kier molecular flexibility index (Phi) is 4.14. The van der Waals surface area contributed by atoms with Crippen molar-refractivity contribution < 1.29 is 4.74 Å². The zero-order chi connectivity index (χ0) is 14.7. The van der Waals surface area contributed by atoms with Crippen LogP contribution >= 0.6 is 0 Å². The van der Waals surface area contributed by atoms with E-state index in [4.69, 9.17) is 4.74 Å². The van der Waals surface area contributed by atoms with Crippen molar-refractivity contribution in [3.63, 3.8) is 0 Å². The fraction of sp³-hybridized carbons (Fsp3) is 0.368. The van der Waals surface area contributed by atoms with Crippen LogP contribution in [0.15, 0.2) is 48.5 Å². The number of rotatable bonds is 4. The molecule has 2 aromatic rings. The predicted octanol–water partition coefficient (Wildman–Crippen LogP) is 5.14. The van der Waals surface area contributed by atoms with Gasteiger partial charge in [-0.2, -0.15) is 0 Å². The molecule has 2 unspecified atom stereocenters. The van der Waals surface area contributed by atoms with Crippen LogP contribution in [0, 0.1) is 0 Å². The predicted molar refractivity (Wildman–Crippen MR) is 88.1 cm³/mol. The third-order valence-corrected chi connectivity index (χ3v) is 4.39. The Bertz CT molecular complexity index is 591. The first-order valence-corrected chi connectivity index (χ1v) is 7.86. The van der Waals surface area contributed by atoms with E-state index in [9.17, 15) is 0 Å². The molecule has 2 nitrogen and oxygen atoms in total. The highest BCUT2D eigenvalue weighted by Crippen LogP contribution is 2.34. The Balaban J connectivity index is 1.76. The minimum Gasteiger partial charge on any atom is -0.493 e. The number of benzene rings is 2. The van der Waals surface area contributed by atoms with Crippen LogP contribution < -0.4 is 10.1 Å². The molecule has 0 fully saturated rings. The van der Waals surface area contributed by atoms with E-state index in [-0.39, 0.29) is 0 Å². The molecule has 0 radical (unpaired) electrons. The van der Waals surface area contributed by atoms with Gasteiger partial charge in [0.25, 0.3) is 0 Å². The fourth-order valence-electron chi connectivity index (χ4n) is 2.84. The van der Waals surface area contributed by atoms with Gasteiger partial charge < -0.3 is 10.1 Å². The zero-order valence-corrected chi connectivity index (χ0v) is 12.8. The van der Waals surface area contributed by atoms with Crippen molar-refractivity contribution in [3.05, 3.63) is 59.7 Å². The van der Waals surface area contributed by atoms with Gasteiger partial charge in [-0.05, 0) is 36.1 Å². The van der Waals surface area contributed by atoms with Crippen molar-refractivity contribution in [1.29, 1.82) is 0 Å². The average molecular weight is 281 g/mol. The molecule has 21 heavy (non-hydrogen) atoms. The Hall–Kier alpha value is -1.96. The summed E-state index contributed by atoms with van der Waals surface area (Å²) in [4.78, 5) is 0. The molecule has 0 bridgehead atoms. The molecule has 2 heteroatoms. The van der Waals surface area contributed by atoms with Gasteiger partial charge in [0.15, 0.2) is 0 Å². The van der Waals surface area contributed by atoms with Crippen LogP contribution in [-0.2, 0) is 0 Å². The number of nitrogens with one attached hydrogen (secondary N) is 1. The summed E-state index contributed by atoms with van der Waals surface area (Å²) in [6, 6.07) is 17.5. The first kappa shape index (κ1) is 14.0. The molecule has 0 aromatic heterocycles. The van der Waals surface area contributed by atoms with Gasteiger partial charge in [0.1, 0.15) is 5.75 Å². The lowest BCUT2D eigenvalue weighted by Gasteiger charge is -2.27. The highest BCUT2D eigenvalue weighted by molar-refractivity contribution is 5.49. The monoisotopic (exact) mass is 281 g/mol. The van der Waals surface area contributed by atoms with Gasteiger partial charge in [0.05, 0.1) is 12.6 Å². The van der Waals surface area contributed by atoms with Crippen LogP contribution in [0.2, 0.25) is 0 Å². The van der Waals surface area contributed by atoms with E-state index in [1.54, 1.807) is 0 Å². The van der Waals surface area contributed by atoms with Gasteiger partial charge in [0, 0.05) is 17.7 Å². The lowest BCUT2D eigenvalue weighted by atomic mass is 9.97. The Morgan fingerprint density at radius 3 is 2.67 bits per heavy atom. The number of para-hydroxylation sites is 1. The van der Waals surface area contributed by atoms with Crippen molar-refractivity contribution in [2.45, 2.75) is 38.6 Å². The summed E-state index contributed by atoms with van der Waals surface area (Å²) < 4.78 is 5.72. The van der Waals surface area contributed by atoms with Crippen molar-refractivity contribution in [3.8, 4) is 5.75 Å². The molecule has 2 aromatic carbocycles. The van der Waals surface area contributed by atoms with Crippen LogP contribution in [0.3, 0.4) is 0 Å². The molecule has 0 spiro atoms. The molecule has 0 aliphatic carbocycles. The number of anilines is 1. The summed E-state index contributed by atoms with van der Waals surface area (Å²) >= 11 is 0. The molecule has 2 atom stereocenters. The second kappa shape index (κ2) is 6.21. The first-order valence-electron chi connectivity index (χ1n) is 7.86. The maximum atomic E-state index is 5.72. The number of hydrogen-bond acceptors (Lipinski definition) is 2. The quantitative estimate of drug-likeness (QED) is 0.838. The minimum atomic E-state index is 0.337. The zero-order valence-electron chi connectivity index (χ0n) is 12.8. The number of fused-ring (bicyclic) bond motifs is 1. The SMILES string of the molecule is CCC(C)c1ccc(NC2CCOc3ccccc32)cc1. The fourth-order valence-corrected chi connectivity index (χ4v) is 2.84. The van der Waals surface area contributed by atoms with Crippen LogP contribution in [0.1, 0.15) is 49.8 Å². The summed E-state index contributed by atoms with van der Waals surface area (Å²) in [6.45, 7) is 5.28. The van der Waals surface area contributed by atoms with Gasteiger partial charge in [0.2, 0.25) is 0 Å². The third-order valence-electron chi connectivity index (χ3n) is 4.39. The minimum absolute atomic E-state index is 0.337. The second-order valence-electron chi connectivity index (χ2n) is 5.80. The molecular formula is C19H23NO. The summed E-state index contributed by atoms with van der Waals surface area (Å²) in [7, 11) is 0. The topological polar surface area (TPSA) is 21.3 Å². The molecule has 1 heterocycles. The molecular weight excluding hydrogens is 258 g/mol. The van der Waals surface area contributed by atoms with E-state index < -0.39 is 0 Å². The van der Waals surface area contributed by atoms with Crippen molar-refractivity contribution in [1.82, 2.24) is 0 Å². The maximum absolute atomic E-state index is 5.72. The van der Waals surface area contributed by atoms with E-state index in [2.05, 4.69) is 61.6 Å². The molecule has 3 rings (SSSR count). The average Bonchev–Trinajstić information content (AvgIpc) is 2.55. The van der Waals surface area contributed by atoms with E-state index in [1.165, 1.54) is 23.2 Å². The Labute approximate surface area is 127 Å². The Morgan fingerprint density at radius 2 is 1.90 bits per heavy atom. The summed E-state index contributed by atoms with van der Waals surface area (Å²) in [5.41, 5.74) is 3.86. The standard InChI is InChI=1S/C19H23NO/c1-3-14(2)15-8-10-16(11-9-15)20-18-12-13-21-19-7-5-4-6-17(18)19/h4-11,14,18,20H,3,12-13H2,1-2H3. The van der Waals surface area contributed by atoms with Crippen LogP contribution in [0.25, 0.3) is 0 Å². The lowest BCUT2D eigenvalue weighted by Crippen LogP contribution is -2.20. The lowest BCUT2D eigenvalue weighted by molar-refractivity contribution is 0.274. The highest BCUT2D eigenvalue weighted by atomic mass is 16.5. The van der Waals surface area contributed by atoms with Gasteiger partial charge >= 0.3 is 0 Å². The van der Waals surface area contributed by atoms with Gasteiger partial charge in [-0.1, -0.05) is 44.2 Å². The van der Waals surface area contributed by atoms with Crippen LogP contribution in [-0.4, -0.2) is 6.61 Å².